The normalized spacial score (nSPS) is 12.0. The molecule has 0 saturated carbocycles. The maximum Gasteiger partial charge on any atom is 0.215 e. The molecule has 0 spiro atoms. The number of benzene rings is 1. The van der Waals surface area contributed by atoms with Crippen molar-refractivity contribution in [3.05, 3.63) is 52.9 Å². The van der Waals surface area contributed by atoms with Gasteiger partial charge in [-0.05, 0) is 31.0 Å². The van der Waals surface area contributed by atoms with E-state index in [9.17, 15) is 8.42 Å². The molecule has 1 heterocycles. The van der Waals surface area contributed by atoms with E-state index >= 15 is 0 Å². The van der Waals surface area contributed by atoms with Crippen molar-refractivity contribution in [2.24, 2.45) is 4.99 Å². The number of rotatable bonds is 10. The first-order valence-electron chi connectivity index (χ1n) is 9.79. The van der Waals surface area contributed by atoms with E-state index in [0.29, 0.717) is 25.0 Å². The van der Waals surface area contributed by atoms with Gasteiger partial charge in [0.05, 0.1) is 18.0 Å². The maximum atomic E-state index is 11.6. The fraction of sp³-hybridized carbons (Fsp3) is 0.500. The van der Waals surface area contributed by atoms with Crippen molar-refractivity contribution in [2.45, 2.75) is 51.4 Å². The summed E-state index contributed by atoms with van der Waals surface area (Å²) in [6, 6.07) is 9.43. The van der Waals surface area contributed by atoms with E-state index in [2.05, 4.69) is 39.4 Å². The van der Waals surface area contributed by atoms with Crippen molar-refractivity contribution in [3.8, 4) is 0 Å². The highest BCUT2D eigenvalue weighted by Crippen LogP contribution is 2.22. The molecule has 0 radical (unpaired) electrons. The van der Waals surface area contributed by atoms with E-state index in [1.54, 1.807) is 7.05 Å². The number of aliphatic imine (C=N–C) groups is 1. The quantitative estimate of drug-likeness (QED) is 0.239. The molecule has 3 N–H and O–H groups in total. The highest BCUT2D eigenvalue weighted by molar-refractivity contribution is 14.0. The lowest BCUT2D eigenvalue weighted by molar-refractivity contribution is 0.368. The number of nitrogens with zero attached hydrogens (tertiary/aromatic N) is 2. The Morgan fingerprint density at radius 2 is 1.70 bits per heavy atom. The standard InChI is InChI=1S/C20H31N5O3S.HI/c1-5-17(6-2)19-11-18(28-25-19)13-24-20(21-3)23-12-15-7-9-16(10-8-15)14-29(26,27)22-4;/h7-11,17,22H,5-6,12-14H2,1-4H3,(H2,21,23,24);1H. The molecule has 2 aromatic rings. The van der Waals surface area contributed by atoms with Gasteiger partial charge in [-0.25, -0.2) is 13.1 Å². The third kappa shape index (κ3) is 8.23. The summed E-state index contributed by atoms with van der Waals surface area (Å²) in [6.07, 6.45) is 2.08. The van der Waals surface area contributed by atoms with Crippen LogP contribution in [0.25, 0.3) is 0 Å². The van der Waals surface area contributed by atoms with Crippen molar-refractivity contribution >= 4 is 40.0 Å². The molecule has 0 bridgehead atoms. The van der Waals surface area contributed by atoms with Crippen molar-refractivity contribution < 1.29 is 12.9 Å². The molecule has 2 rings (SSSR count). The Morgan fingerprint density at radius 1 is 1.10 bits per heavy atom. The second kappa shape index (κ2) is 12.9. The molecule has 8 nitrogen and oxygen atoms in total. The summed E-state index contributed by atoms with van der Waals surface area (Å²) in [5.74, 6) is 1.81. The molecule has 0 atom stereocenters. The van der Waals surface area contributed by atoms with Gasteiger partial charge in [0.25, 0.3) is 0 Å². The van der Waals surface area contributed by atoms with Crippen LogP contribution in [0.2, 0.25) is 0 Å². The first-order chi connectivity index (χ1) is 13.9. The summed E-state index contributed by atoms with van der Waals surface area (Å²) in [6.45, 7) is 5.36. The molecule has 1 aromatic heterocycles. The van der Waals surface area contributed by atoms with Gasteiger partial charge in [-0.2, -0.15) is 0 Å². The van der Waals surface area contributed by atoms with Crippen molar-refractivity contribution in [1.82, 2.24) is 20.5 Å². The van der Waals surface area contributed by atoms with Gasteiger partial charge in [0.15, 0.2) is 11.7 Å². The van der Waals surface area contributed by atoms with Gasteiger partial charge in [-0.1, -0.05) is 43.3 Å². The lowest BCUT2D eigenvalue weighted by Gasteiger charge is -2.11. The molecule has 0 aliphatic rings. The number of nitrogens with one attached hydrogen (secondary N) is 3. The molecule has 0 saturated heterocycles. The van der Waals surface area contributed by atoms with Crippen LogP contribution in [-0.2, 0) is 28.9 Å². The van der Waals surface area contributed by atoms with E-state index in [0.717, 1.165) is 35.4 Å². The van der Waals surface area contributed by atoms with Crippen LogP contribution in [0.1, 0.15) is 55.2 Å². The number of aromatic nitrogens is 1. The van der Waals surface area contributed by atoms with Crippen LogP contribution in [0.5, 0.6) is 0 Å². The minimum atomic E-state index is -3.26. The van der Waals surface area contributed by atoms with Crippen LogP contribution in [0, 0.1) is 0 Å². The van der Waals surface area contributed by atoms with E-state index in [4.69, 9.17) is 4.52 Å². The molecule has 10 heteroatoms. The first-order valence-corrected chi connectivity index (χ1v) is 11.4. The predicted octanol–water partition coefficient (Wildman–Crippen LogP) is 3.11. The van der Waals surface area contributed by atoms with Crippen LogP contribution in [0.15, 0.2) is 39.8 Å². The zero-order valence-corrected chi connectivity index (χ0v) is 21.1. The van der Waals surface area contributed by atoms with E-state index < -0.39 is 10.0 Å². The third-order valence-corrected chi connectivity index (χ3v) is 6.12. The van der Waals surface area contributed by atoms with E-state index in [-0.39, 0.29) is 29.7 Å². The Bertz CT molecular complexity index is 893. The summed E-state index contributed by atoms with van der Waals surface area (Å²) in [5, 5.41) is 10.6. The zero-order chi connectivity index (χ0) is 21.3. The fourth-order valence-electron chi connectivity index (χ4n) is 2.93. The van der Waals surface area contributed by atoms with Crippen molar-refractivity contribution in [2.75, 3.05) is 14.1 Å². The van der Waals surface area contributed by atoms with Crippen LogP contribution < -0.4 is 15.4 Å². The van der Waals surface area contributed by atoms with Gasteiger partial charge in [0.2, 0.25) is 10.0 Å². The summed E-state index contributed by atoms with van der Waals surface area (Å²) in [7, 11) is -0.145. The molecule has 0 aliphatic heterocycles. The smallest absolute Gasteiger partial charge is 0.215 e. The Balaban J connectivity index is 0.00000450. The van der Waals surface area contributed by atoms with Crippen molar-refractivity contribution in [1.29, 1.82) is 0 Å². The zero-order valence-electron chi connectivity index (χ0n) is 17.9. The number of sulfonamides is 1. The maximum absolute atomic E-state index is 11.6. The highest BCUT2D eigenvalue weighted by atomic mass is 127. The number of hydrogen-bond donors (Lipinski definition) is 3. The highest BCUT2D eigenvalue weighted by Gasteiger charge is 2.13. The average Bonchev–Trinajstić information content (AvgIpc) is 3.19. The van der Waals surface area contributed by atoms with E-state index in [1.165, 1.54) is 7.05 Å². The van der Waals surface area contributed by atoms with Gasteiger partial charge >= 0.3 is 0 Å². The molecule has 30 heavy (non-hydrogen) atoms. The lowest BCUT2D eigenvalue weighted by Crippen LogP contribution is -2.36. The molecule has 168 valence electrons. The minimum absolute atomic E-state index is 0. The molecule has 0 amide bonds. The topological polar surface area (TPSA) is 109 Å². The Labute approximate surface area is 196 Å². The van der Waals surface area contributed by atoms with Crippen LogP contribution in [0.4, 0.5) is 0 Å². The van der Waals surface area contributed by atoms with Crippen molar-refractivity contribution in [3.63, 3.8) is 0 Å². The summed E-state index contributed by atoms with van der Waals surface area (Å²) in [5.41, 5.74) is 2.76. The molecular formula is C20H32IN5O3S. The Hall–Kier alpha value is -1.66. The summed E-state index contributed by atoms with van der Waals surface area (Å²) >= 11 is 0. The third-order valence-electron chi connectivity index (χ3n) is 4.79. The monoisotopic (exact) mass is 549 g/mol. The Kier molecular flexibility index (Phi) is 11.3. The fourth-order valence-corrected chi connectivity index (χ4v) is 3.71. The van der Waals surface area contributed by atoms with Crippen LogP contribution in [-0.4, -0.2) is 33.6 Å². The predicted molar refractivity (Wildman–Crippen MR) is 130 cm³/mol. The number of hydrogen-bond acceptors (Lipinski definition) is 5. The average molecular weight is 549 g/mol. The van der Waals surface area contributed by atoms with Gasteiger partial charge in [-0.15, -0.1) is 24.0 Å². The number of halogens is 1. The molecule has 0 fully saturated rings. The molecule has 0 unspecified atom stereocenters. The van der Waals surface area contributed by atoms with Gasteiger partial charge in [-0.3, -0.25) is 4.99 Å². The van der Waals surface area contributed by atoms with Gasteiger partial charge in [0, 0.05) is 25.6 Å². The second-order valence-electron chi connectivity index (χ2n) is 6.79. The molecule has 0 aliphatic carbocycles. The van der Waals surface area contributed by atoms with Crippen LogP contribution >= 0.6 is 24.0 Å². The van der Waals surface area contributed by atoms with Gasteiger partial charge in [0.1, 0.15) is 0 Å². The Morgan fingerprint density at radius 3 is 2.27 bits per heavy atom. The largest absolute Gasteiger partial charge is 0.359 e. The molecule has 1 aromatic carbocycles. The summed E-state index contributed by atoms with van der Waals surface area (Å²) < 4.78 is 31.0. The number of guanidine groups is 1. The van der Waals surface area contributed by atoms with Gasteiger partial charge < -0.3 is 15.2 Å². The second-order valence-corrected chi connectivity index (χ2v) is 8.72. The minimum Gasteiger partial charge on any atom is -0.359 e. The van der Waals surface area contributed by atoms with E-state index in [1.807, 2.05) is 30.3 Å². The molecular weight excluding hydrogens is 517 g/mol. The summed E-state index contributed by atoms with van der Waals surface area (Å²) in [4.78, 5) is 4.21. The van der Waals surface area contributed by atoms with Crippen LogP contribution in [0.3, 0.4) is 0 Å². The lowest BCUT2D eigenvalue weighted by atomic mass is 9.99. The first kappa shape index (κ1) is 26.4. The SMILES string of the molecule is CCC(CC)c1cc(CNC(=NC)NCc2ccc(CS(=O)(=O)NC)cc2)on1.I.